The van der Waals surface area contributed by atoms with Crippen molar-refractivity contribution in [2.75, 3.05) is 31.6 Å². The molecule has 0 saturated carbocycles. The molecule has 0 bridgehead atoms. The van der Waals surface area contributed by atoms with Crippen molar-refractivity contribution in [3.8, 4) is 0 Å². The summed E-state index contributed by atoms with van der Waals surface area (Å²) in [6, 6.07) is 3.24. The van der Waals surface area contributed by atoms with Crippen LogP contribution >= 0.6 is 11.6 Å². The van der Waals surface area contributed by atoms with E-state index < -0.39 is 21.8 Å². The zero-order valence-corrected chi connectivity index (χ0v) is 18.2. The fourth-order valence-electron chi connectivity index (χ4n) is 4.21. The summed E-state index contributed by atoms with van der Waals surface area (Å²) in [7, 11) is -2.15. The second-order valence-electron chi connectivity index (χ2n) is 7.93. The van der Waals surface area contributed by atoms with Gasteiger partial charge in [-0.1, -0.05) is 11.6 Å². The van der Waals surface area contributed by atoms with Gasteiger partial charge in [0.15, 0.2) is 5.03 Å². The fourth-order valence-corrected chi connectivity index (χ4v) is 5.90. The molecule has 0 spiro atoms. The molecule has 2 saturated heterocycles. The van der Waals surface area contributed by atoms with E-state index in [4.69, 9.17) is 16.3 Å². The normalized spacial score (nSPS) is 25.3. The molecular weight excluding hydrogens is 457 g/mol. The van der Waals surface area contributed by atoms with E-state index >= 15 is 0 Å². The molecule has 2 aromatic rings. The monoisotopic (exact) mass is 478 g/mol. The molecule has 1 N–H and O–H groups in total. The average molecular weight is 479 g/mol. The van der Waals surface area contributed by atoms with Gasteiger partial charge in [0.1, 0.15) is 0 Å². The van der Waals surface area contributed by atoms with Gasteiger partial charge in [-0.15, -0.1) is 0 Å². The van der Waals surface area contributed by atoms with Crippen LogP contribution in [-0.4, -0.2) is 54.6 Å². The van der Waals surface area contributed by atoms with Gasteiger partial charge in [-0.2, -0.15) is 17.5 Å². The number of halogens is 4. The second-order valence-corrected chi connectivity index (χ2v) is 10.2. The van der Waals surface area contributed by atoms with Crippen molar-refractivity contribution in [1.29, 1.82) is 0 Å². The molecule has 2 aliphatic rings. The van der Waals surface area contributed by atoms with E-state index in [1.165, 1.54) is 29.0 Å². The van der Waals surface area contributed by atoms with Crippen molar-refractivity contribution in [1.82, 2.24) is 13.9 Å². The lowest BCUT2D eigenvalue weighted by Crippen LogP contribution is -2.33. The largest absolute Gasteiger partial charge is 0.417 e. The van der Waals surface area contributed by atoms with Gasteiger partial charge < -0.3 is 14.6 Å². The lowest BCUT2D eigenvalue weighted by molar-refractivity contribution is -0.137. The highest BCUT2D eigenvalue weighted by Gasteiger charge is 2.44. The van der Waals surface area contributed by atoms with E-state index in [0.717, 1.165) is 12.5 Å². The van der Waals surface area contributed by atoms with Gasteiger partial charge in [0.2, 0.25) is 0 Å². The molecule has 3 atom stereocenters. The van der Waals surface area contributed by atoms with Crippen LogP contribution in [0.1, 0.15) is 12.0 Å². The van der Waals surface area contributed by atoms with Crippen molar-refractivity contribution in [2.45, 2.75) is 23.7 Å². The zero-order chi connectivity index (χ0) is 22.4. The maximum atomic E-state index is 13.2. The third kappa shape index (κ3) is 4.55. The molecule has 2 fully saturated rings. The Balaban J connectivity index is 1.61. The second kappa shape index (κ2) is 8.27. The van der Waals surface area contributed by atoms with E-state index in [1.54, 1.807) is 11.6 Å². The van der Waals surface area contributed by atoms with Gasteiger partial charge in [0.05, 0.1) is 16.9 Å². The quantitative estimate of drug-likeness (QED) is 0.714. The Labute approximate surface area is 183 Å². The van der Waals surface area contributed by atoms with Crippen LogP contribution in [0, 0.1) is 11.8 Å². The molecule has 0 radical (unpaired) electrons. The SMILES string of the molecule is Cn1cnc(S(=O)(=O)N2C[C@@H](Nc3ccc(Cl)c(C(F)(F)F)c3)[C@H](C3CCOC3)C2)c1. The number of rotatable bonds is 5. The highest BCUT2D eigenvalue weighted by molar-refractivity contribution is 7.89. The highest BCUT2D eigenvalue weighted by Crippen LogP contribution is 2.38. The summed E-state index contributed by atoms with van der Waals surface area (Å²) in [6.07, 6.45) is -0.974. The van der Waals surface area contributed by atoms with Crippen LogP contribution in [0.3, 0.4) is 0 Å². The summed E-state index contributed by atoms with van der Waals surface area (Å²) in [4.78, 5) is 3.96. The summed E-state index contributed by atoms with van der Waals surface area (Å²) in [5.74, 6) is -0.0122. The van der Waals surface area contributed by atoms with Gasteiger partial charge in [-0.05, 0) is 36.5 Å². The number of aromatic nitrogens is 2. The molecule has 1 unspecified atom stereocenters. The molecule has 1 aromatic carbocycles. The smallest absolute Gasteiger partial charge is 0.381 e. The van der Waals surface area contributed by atoms with Crippen LogP contribution < -0.4 is 5.32 Å². The summed E-state index contributed by atoms with van der Waals surface area (Å²) in [5.41, 5.74) is -0.696. The Morgan fingerprint density at radius 3 is 2.68 bits per heavy atom. The number of hydrogen-bond donors (Lipinski definition) is 1. The molecule has 3 heterocycles. The minimum Gasteiger partial charge on any atom is -0.381 e. The Morgan fingerprint density at radius 2 is 2.06 bits per heavy atom. The van der Waals surface area contributed by atoms with Crippen molar-refractivity contribution < 1.29 is 26.3 Å². The maximum absolute atomic E-state index is 13.2. The van der Waals surface area contributed by atoms with E-state index in [9.17, 15) is 21.6 Å². The van der Waals surface area contributed by atoms with Crippen molar-refractivity contribution in [3.05, 3.63) is 41.3 Å². The molecule has 12 heteroatoms. The number of sulfonamides is 1. The third-order valence-corrected chi connectivity index (χ3v) is 7.86. The van der Waals surface area contributed by atoms with Gasteiger partial charge in [-0.25, -0.2) is 13.4 Å². The number of nitrogens with zero attached hydrogens (tertiary/aromatic N) is 3. The average Bonchev–Trinajstić information content (AvgIpc) is 3.42. The van der Waals surface area contributed by atoms with Crippen molar-refractivity contribution in [2.24, 2.45) is 18.9 Å². The summed E-state index contributed by atoms with van der Waals surface area (Å²) < 4.78 is 74.2. The maximum Gasteiger partial charge on any atom is 0.417 e. The number of ether oxygens (including phenoxy) is 1. The van der Waals surface area contributed by atoms with Crippen LogP contribution in [0.2, 0.25) is 5.02 Å². The standard InChI is InChI=1S/C19H22ClF3N4O3S/c1-26-9-18(24-11-26)31(28,29)27-7-14(12-4-5-30-10-12)17(8-27)25-13-2-3-16(20)15(6-13)19(21,22)23/h2-3,6,9,11-12,14,17,25H,4-5,7-8,10H2,1H3/t12?,14-,17+/m0/s1. The Kier molecular flexibility index (Phi) is 5.97. The molecule has 0 amide bonds. The number of nitrogens with one attached hydrogen (secondary N) is 1. The summed E-state index contributed by atoms with van der Waals surface area (Å²) >= 11 is 5.72. The minimum atomic E-state index is -4.59. The number of anilines is 1. The summed E-state index contributed by atoms with van der Waals surface area (Å²) in [5, 5.41) is 2.68. The first-order valence-corrected chi connectivity index (χ1v) is 11.6. The first-order chi connectivity index (χ1) is 14.6. The minimum absolute atomic E-state index is 0.0528. The van der Waals surface area contributed by atoms with Crippen molar-refractivity contribution >= 4 is 27.3 Å². The topological polar surface area (TPSA) is 76.5 Å². The number of benzene rings is 1. The number of alkyl halides is 3. The van der Waals surface area contributed by atoms with Crippen LogP contribution in [0.4, 0.5) is 18.9 Å². The molecule has 2 aliphatic heterocycles. The van der Waals surface area contributed by atoms with E-state index in [0.29, 0.717) is 13.2 Å². The Bertz CT molecular complexity index is 1050. The predicted molar refractivity (Wildman–Crippen MR) is 108 cm³/mol. The van der Waals surface area contributed by atoms with Gasteiger partial charge in [0.25, 0.3) is 10.0 Å². The lowest BCUT2D eigenvalue weighted by Gasteiger charge is -2.25. The van der Waals surface area contributed by atoms with E-state index in [1.807, 2.05) is 0 Å². The number of hydrogen-bond acceptors (Lipinski definition) is 5. The van der Waals surface area contributed by atoms with Crippen LogP contribution in [0.25, 0.3) is 0 Å². The lowest BCUT2D eigenvalue weighted by atomic mass is 9.87. The number of imidazole rings is 1. The summed E-state index contributed by atoms with van der Waals surface area (Å²) in [6.45, 7) is 1.43. The fraction of sp³-hybridized carbons (Fsp3) is 0.526. The Hall–Kier alpha value is -1.82. The molecule has 31 heavy (non-hydrogen) atoms. The first-order valence-electron chi connectivity index (χ1n) is 9.75. The molecular formula is C19H22ClF3N4O3S. The molecule has 4 rings (SSSR count). The van der Waals surface area contributed by atoms with Crippen LogP contribution in [-0.2, 0) is 28.0 Å². The molecule has 1 aromatic heterocycles. The molecule has 7 nitrogen and oxygen atoms in total. The Morgan fingerprint density at radius 1 is 1.29 bits per heavy atom. The first kappa shape index (κ1) is 22.4. The highest BCUT2D eigenvalue weighted by atomic mass is 35.5. The number of aryl methyl sites for hydroxylation is 1. The van der Waals surface area contributed by atoms with Gasteiger partial charge in [0, 0.05) is 51.3 Å². The van der Waals surface area contributed by atoms with Crippen LogP contribution in [0.5, 0.6) is 0 Å². The van der Waals surface area contributed by atoms with E-state index in [-0.39, 0.29) is 46.7 Å². The molecule has 0 aliphatic carbocycles. The predicted octanol–water partition coefficient (Wildman–Crippen LogP) is 3.23. The van der Waals surface area contributed by atoms with Gasteiger partial charge in [-0.3, -0.25) is 0 Å². The van der Waals surface area contributed by atoms with Crippen LogP contribution in [0.15, 0.2) is 35.7 Å². The van der Waals surface area contributed by atoms with Crippen molar-refractivity contribution in [3.63, 3.8) is 0 Å². The van der Waals surface area contributed by atoms with Gasteiger partial charge >= 0.3 is 6.18 Å². The molecule has 170 valence electrons. The van der Waals surface area contributed by atoms with E-state index in [2.05, 4.69) is 10.3 Å². The third-order valence-electron chi connectivity index (χ3n) is 5.81. The zero-order valence-electron chi connectivity index (χ0n) is 16.6.